The van der Waals surface area contributed by atoms with E-state index in [1.807, 2.05) is 23.9 Å². The van der Waals surface area contributed by atoms with Gasteiger partial charge in [-0.05, 0) is 25.8 Å². The number of carboxylic acids is 1. The Balaban J connectivity index is 2.07. The van der Waals surface area contributed by atoms with Gasteiger partial charge in [-0.3, -0.25) is 9.48 Å². The van der Waals surface area contributed by atoms with Crippen LogP contribution >= 0.6 is 0 Å². The van der Waals surface area contributed by atoms with E-state index in [1.54, 1.807) is 0 Å². The maximum atomic E-state index is 10.9. The Morgan fingerprint density at radius 2 is 2.43 bits per heavy atom. The summed E-state index contributed by atoms with van der Waals surface area (Å²) < 4.78 is 1.83. The van der Waals surface area contributed by atoms with Crippen LogP contribution in [0.4, 0.5) is 0 Å². The van der Waals surface area contributed by atoms with E-state index < -0.39 is 11.4 Å². The molecule has 0 atom stereocenters. The van der Waals surface area contributed by atoms with Crippen molar-refractivity contribution in [1.29, 1.82) is 0 Å². The third kappa shape index (κ3) is 1.52. The first kappa shape index (κ1) is 9.24. The molecule has 2 rings (SSSR count). The number of nitrogens with zero attached hydrogens (tertiary/aromatic N) is 2. The maximum Gasteiger partial charge on any atom is 0.310 e. The maximum absolute atomic E-state index is 10.9. The van der Waals surface area contributed by atoms with E-state index in [-0.39, 0.29) is 0 Å². The highest BCUT2D eigenvalue weighted by Crippen LogP contribution is 2.48. The van der Waals surface area contributed by atoms with Crippen LogP contribution in [0, 0.1) is 5.41 Å². The first-order valence-electron chi connectivity index (χ1n) is 4.92. The second-order valence-corrected chi connectivity index (χ2v) is 3.93. The van der Waals surface area contributed by atoms with Crippen LogP contribution in [0.1, 0.15) is 25.5 Å². The lowest BCUT2D eigenvalue weighted by Crippen LogP contribution is -2.17. The standard InChI is InChI=1S/C10H14N2O2/c1-2-12-6-3-8(11-12)7-10(4-5-10)9(13)14/h3,6H,2,4-5,7H2,1H3,(H,13,14). The Hall–Kier alpha value is -1.32. The first-order chi connectivity index (χ1) is 6.66. The van der Waals surface area contributed by atoms with Crippen LogP contribution < -0.4 is 0 Å². The predicted molar refractivity (Wildman–Crippen MR) is 50.9 cm³/mol. The molecule has 0 amide bonds. The minimum Gasteiger partial charge on any atom is -0.481 e. The fourth-order valence-electron chi connectivity index (χ4n) is 1.64. The molecule has 1 aromatic rings. The van der Waals surface area contributed by atoms with Gasteiger partial charge >= 0.3 is 5.97 Å². The van der Waals surface area contributed by atoms with Gasteiger partial charge in [-0.15, -0.1) is 0 Å². The molecular weight excluding hydrogens is 180 g/mol. The molecule has 0 radical (unpaired) electrons. The zero-order chi connectivity index (χ0) is 10.2. The van der Waals surface area contributed by atoms with Crippen molar-refractivity contribution < 1.29 is 9.90 Å². The number of carbonyl (C=O) groups is 1. The number of carboxylic acid groups (broad SMARTS) is 1. The summed E-state index contributed by atoms with van der Waals surface area (Å²) in [7, 11) is 0. The second-order valence-electron chi connectivity index (χ2n) is 3.93. The van der Waals surface area contributed by atoms with Gasteiger partial charge in [0.05, 0.1) is 11.1 Å². The highest BCUT2D eigenvalue weighted by atomic mass is 16.4. The highest BCUT2D eigenvalue weighted by Gasteiger charge is 2.50. The Kier molecular flexibility index (Phi) is 2.06. The molecule has 4 nitrogen and oxygen atoms in total. The van der Waals surface area contributed by atoms with Crippen molar-refractivity contribution >= 4 is 5.97 Å². The SMILES string of the molecule is CCn1ccc(CC2(C(=O)O)CC2)n1. The van der Waals surface area contributed by atoms with Gasteiger partial charge in [-0.1, -0.05) is 0 Å². The zero-order valence-corrected chi connectivity index (χ0v) is 8.23. The number of aliphatic carboxylic acids is 1. The Bertz CT molecular complexity index is 353. The van der Waals surface area contributed by atoms with Crippen LogP contribution in [0.3, 0.4) is 0 Å². The monoisotopic (exact) mass is 194 g/mol. The molecule has 4 heteroatoms. The van der Waals surface area contributed by atoms with Gasteiger partial charge in [0.2, 0.25) is 0 Å². The summed E-state index contributed by atoms with van der Waals surface area (Å²) in [5.74, 6) is -0.677. The Morgan fingerprint density at radius 3 is 2.86 bits per heavy atom. The number of aromatic nitrogens is 2. The lowest BCUT2D eigenvalue weighted by molar-refractivity contribution is -0.143. The van der Waals surface area contributed by atoms with Crippen LogP contribution in [0.2, 0.25) is 0 Å². The van der Waals surface area contributed by atoms with Crippen molar-refractivity contribution in [3.63, 3.8) is 0 Å². The van der Waals surface area contributed by atoms with E-state index in [0.29, 0.717) is 6.42 Å². The molecule has 1 aliphatic carbocycles. The molecule has 0 saturated heterocycles. The predicted octanol–water partition coefficient (Wildman–Crippen LogP) is 1.31. The van der Waals surface area contributed by atoms with Crippen molar-refractivity contribution in [2.24, 2.45) is 5.41 Å². The summed E-state index contributed by atoms with van der Waals surface area (Å²) in [6.45, 7) is 2.85. The molecule has 0 unspecified atom stereocenters. The molecule has 76 valence electrons. The quantitative estimate of drug-likeness (QED) is 0.786. The van der Waals surface area contributed by atoms with E-state index in [4.69, 9.17) is 5.11 Å². The van der Waals surface area contributed by atoms with Gasteiger partial charge in [0.1, 0.15) is 0 Å². The minimum absolute atomic E-state index is 0.493. The second kappa shape index (κ2) is 3.12. The third-order valence-corrected chi connectivity index (χ3v) is 2.85. The van der Waals surface area contributed by atoms with Crippen molar-refractivity contribution in [2.75, 3.05) is 0 Å². The minimum atomic E-state index is -0.677. The summed E-state index contributed by atoms with van der Waals surface area (Å²) in [6, 6.07) is 1.91. The summed E-state index contributed by atoms with van der Waals surface area (Å²) in [5, 5.41) is 13.3. The van der Waals surface area contributed by atoms with E-state index in [0.717, 1.165) is 25.1 Å². The number of rotatable bonds is 4. The van der Waals surface area contributed by atoms with Crippen LogP contribution in [0.25, 0.3) is 0 Å². The fraction of sp³-hybridized carbons (Fsp3) is 0.600. The van der Waals surface area contributed by atoms with E-state index >= 15 is 0 Å². The molecular formula is C10H14N2O2. The lowest BCUT2D eigenvalue weighted by Gasteiger charge is -2.06. The summed E-state index contributed by atoms with van der Waals surface area (Å²) >= 11 is 0. The highest BCUT2D eigenvalue weighted by molar-refractivity contribution is 5.78. The average Bonchev–Trinajstić information content (AvgIpc) is 2.78. The van der Waals surface area contributed by atoms with E-state index in [2.05, 4.69) is 5.10 Å². The molecule has 1 N–H and O–H groups in total. The molecule has 0 spiro atoms. The molecule has 14 heavy (non-hydrogen) atoms. The number of hydrogen-bond donors (Lipinski definition) is 1. The molecule has 1 aromatic heterocycles. The smallest absolute Gasteiger partial charge is 0.310 e. The molecule has 1 saturated carbocycles. The summed E-state index contributed by atoms with van der Waals surface area (Å²) in [4.78, 5) is 10.9. The van der Waals surface area contributed by atoms with Gasteiger partial charge < -0.3 is 5.11 Å². The molecule has 0 bridgehead atoms. The largest absolute Gasteiger partial charge is 0.481 e. The zero-order valence-electron chi connectivity index (χ0n) is 8.23. The van der Waals surface area contributed by atoms with Crippen molar-refractivity contribution in [3.05, 3.63) is 18.0 Å². The molecule has 1 fully saturated rings. The van der Waals surface area contributed by atoms with Crippen LogP contribution in [0.15, 0.2) is 12.3 Å². The fourth-order valence-corrected chi connectivity index (χ4v) is 1.64. The van der Waals surface area contributed by atoms with E-state index in [9.17, 15) is 4.79 Å². The van der Waals surface area contributed by atoms with Gasteiger partial charge in [-0.2, -0.15) is 5.10 Å². The Labute approximate surface area is 82.5 Å². The molecule has 0 aromatic carbocycles. The summed E-state index contributed by atoms with van der Waals surface area (Å²) in [5.41, 5.74) is 0.402. The molecule has 1 heterocycles. The molecule has 1 aliphatic rings. The third-order valence-electron chi connectivity index (χ3n) is 2.85. The van der Waals surface area contributed by atoms with Gasteiger partial charge in [0, 0.05) is 19.2 Å². The normalized spacial score (nSPS) is 18.1. The van der Waals surface area contributed by atoms with Crippen molar-refractivity contribution in [3.8, 4) is 0 Å². The van der Waals surface area contributed by atoms with Crippen LogP contribution in [-0.2, 0) is 17.8 Å². The number of hydrogen-bond acceptors (Lipinski definition) is 2. The van der Waals surface area contributed by atoms with Crippen LogP contribution in [-0.4, -0.2) is 20.9 Å². The Morgan fingerprint density at radius 1 is 1.71 bits per heavy atom. The van der Waals surface area contributed by atoms with E-state index in [1.165, 1.54) is 0 Å². The lowest BCUT2D eigenvalue weighted by atomic mass is 10.0. The van der Waals surface area contributed by atoms with Gasteiger partial charge in [0.15, 0.2) is 0 Å². The number of aryl methyl sites for hydroxylation is 1. The summed E-state index contributed by atoms with van der Waals surface area (Å²) in [6.07, 6.45) is 4.06. The van der Waals surface area contributed by atoms with Gasteiger partial charge in [0.25, 0.3) is 0 Å². The van der Waals surface area contributed by atoms with Crippen molar-refractivity contribution in [1.82, 2.24) is 9.78 Å². The topological polar surface area (TPSA) is 55.1 Å². The molecule has 0 aliphatic heterocycles. The average molecular weight is 194 g/mol. The van der Waals surface area contributed by atoms with Gasteiger partial charge in [-0.25, -0.2) is 0 Å². The van der Waals surface area contributed by atoms with Crippen LogP contribution in [0.5, 0.6) is 0 Å². The van der Waals surface area contributed by atoms with Crippen molar-refractivity contribution in [2.45, 2.75) is 32.7 Å². The first-order valence-corrected chi connectivity index (χ1v) is 4.92.